The molecule has 0 bridgehead atoms. The molecule has 1 atom stereocenters. The normalized spacial score (nSPS) is 11.7. The van der Waals surface area contributed by atoms with Crippen molar-refractivity contribution in [2.75, 3.05) is 24.3 Å². The van der Waals surface area contributed by atoms with Crippen LogP contribution in [0.25, 0.3) is 0 Å². The molecule has 2 rings (SSSR count). The van der Waals surface area contributed by atoms with Gasteiger partial charge in [0.1, 0.15) is 11.6 Å². The third-order valence-electron chi connectivity index (χ3n) is 3.98. The molecule has 2 amide bonds. The highest BCUT2D eigenvalue weighted by molar-refractivity contribution is 9.10. The Morgan fingerprint density at radius 3 is 2.52 bits per heavy atom. The van der Waals surface area contributed by atoms with Crippen LogP contribution in [-0.2, 0) is 9.59 Å². The molecule has 2 aromatic rings. The summed E-state index contributed by atoms with van der Waals surface area (Å²) in [4.78, 5) is 36.8. The van der Waals surface area contributed by atoms with Crippen molar-refractivity contribution in [1.82, 2.24) is 5.43 Å². The molecular weight excluding hydrogens is 442 g/mol. The lowest BCUT2D eigenvalue weighted by atomic mass is 10.1. The van der Waals surface area contributed by atoms with Crippen LogP contribution in [0.5, 0.6) is 0 Å². The van der Waals surface area contributed by atoms with Gasteiger partial charge >= 0.3 is 0 Å². The van der Waals surface area contributed by atoms with E-state index in [1.54, 1.807) is 55.4 Å². The molecule has 1 unspecified atom stereocenters. The lowest BCUT2D eigenvalue weighted by Gasteiger charge is -2.13. The van der Waals surface area contributed by atoms with Gasteiger partial charge in [-0.3, -0.25) is 19.7 Å². The fraction of sp³-hybridized carbons (Fsp3) is 0.211. The summed E-state index contributed by atoms with van der Waals surface area (Å²) < 4.78 is 0.696. The summed E-state index contributed by atoms with van der Waals surface area (Å²) >= 11 is 3.32. The second-order valence-electron chi connectivity index (χ2n) is 6.32. The van der Waals surface area contributed by atoms with Crippen LogP contribution in [0.1, 0.15) is 12.5 Å². The molecule has 29 heavy (non-hydrogen) atoms. The molecule has 2 aromatic carbocycles. The summed E-state index contributed by atoms with van der Waals surface area (Å²) in [5.74, 6) is -2.09. The Labute approximate surface area is 176 Å². The predicted octanol–water partition coefficient (Wildman–Crippen LogP) is 3.15. The van der Waals surface area contributed by atoms with Gasteiger partial charge in [0.05, 0.1) is 16.8 Å². The van der Waals surface area contributed by atoms with Crippen LogP contribution >= 0.6 is 15.9 Å². The number of nitrogens with one attached hydrogen (secondary N) is 2. The van der Waals surface area contributed by atoms with Crippen molar-refractivity contribution in [1.29, 1.82) is 0 Å². The largest absolute Gasteiger partial charge is 0.372 e. The van der Waals surface area contributed by atoms with Crippen molar-refractivity contribution in [2.45, 2.75) is 6.92 Å². The molecule has 0 spiro atoms. The number of nitrogens with zero attached hydrogens (tertiary/aromatic N) is 3. The average molecular weight is 462 g/mol. The van der Waals surface area contributed by atoms with E-state index in [-0.39, 0.29) is 5.69 Å². The molecule has 0 fully saturated rings. The van der Waals surface area contributed by atoms with E-state index in [0.29, 0.717) is 21.4 Å². The Morgan fingerprint density at radius 1 is 1.21 bits per heavy atom. The zero-order valence-electron chi connectivity index (χ0n) is 16.0. The van der Waals surface area contributed by atoms with Gasteiger partial charge in [0.25, 0.3) is 11.6 Å². The first-order valence-corrected chi connectivity index (χ1v) is 9.34. The summed E-state index contributed by atoms with van der Waals surface area (Å²) in [5.41, 5.74) is 3.64. The van der Waals surface area contributed by atoms with Gasteiger partial charge < -0.3 is 10.2 Å². The van der Waals surface area contributed by atoms with E-state index in [4.69, 9.17) is 0 Å². The minimum absolute atomic E-state index is 0.0774. The zero-order valence-corrected chi connectivity index (χ0v) is 17.6. The Kier molecular flexibility index (Phi) is 7.43. The Morgan fingerprint density at radius 2 is 1.90 bits per heavy atom. The van der Waals surface area contributed by atoms with Crippen LogP contribution in [0, 0.1) is 16.0 Å². The second-order valence-corrected chi connectivity index (χ2v) is 7.18. The first kappa shape index (κ1) is 22.0. The van der Waals surface area contributed by atoms with Gasteiger partial charge in [0.15, 0.2) is 0 Å². The predicted molar refractivity (Wildman–Crippen MR) is 115 cm³/mol. The second kappa shape index (κ2) is 9.78. The number of carbonyl (C=O) groups is 2. The van der Waals surface area contributed by atoms with Crippen molar-refractivity contribution in [2.24, 2.45) is 11.0 Å². The van der Waals surface area contributed by atoms with Crippen molar-refractivity contribution in [3.8, 4) is 0 Å². The molecule has 0 aliphatic rings. The fourth-order valence-electron chi connectivity index (χ4n) is 2.34. The quantitative estimate of drug-likeness (QED) is 0.284. The maximum atomic E-state index is 12.2. The lowest BCUT2D eigenvalue weighted by molar-refractivity contribution is -0.384. The van der Waals surface area contributed by atoms with Crippen LogP contribution < -0.4 is 15.6 Å². The third kappa shape index (κ3) is 5.85. The average Bonchev–Trinajstić information content (AvgIpc) is 2.68. The van der Waals surface area contributed by atoms with E-state index in [0.717, 1.165) is 0 Å². The maximum absolute atomic E-state index is 12.2. The number of para-hydroxylation sites is 1. The van der Waals surface area contributed by atoms with Gasteiger partial charge in [-0.1, -0.05) is 18.2 Å². The van der Waals surface area contributed by atoms with E-state index in [1.165, 1.54) is 19.2 Å². The molecule has 0 radical (unpaired) electrons. The molecule has 9 nitrogen and oxygen atoms in total. The fourth-order valence-corrected chi connectivity index (χ4v) is 2.72. The van der Waals surface area contributed by atoms with E-state index in [1.807, 2.05) is 0 Å². The van der Waals surface area contributed by atoms with Crippen molar-refractivity contribution >= 4 is 51.0 Å². The number of benzene rings is 2. The number of anilines is 2. The summed E-state index contributed by atoms with van der Waals surface area (Å²) in [6.45, 7) is 1.45. The van der Waals surface area contributed by atoms with Crippen LogP contribution in [-0.4, -0.2) is 37.0 Å². The third-order valence-corrected chi connectivity index (χ3v) is 4.68. The number of nitro benzene ring substituents is 1. The Balaban J connectivity index is 2.01. The number of nitro groups is 1. The smallest absolute Gasteiger partial charge is 0.293 e. The van der Waals surface area contributed by atoms with Crippen LogP contribution in [0.2, 0.25) is 0 Å². The highest BCUT2D eigenvalue weighted by Crippen LogP contribution is 2.27. The van der Waals surface area contributed by atoms with E-state index < -0.39 is 22.7 Å². The summed E-state index contributed by atoms with van der Waals surface area (Å²) in [5, 5.41) is 17.7. The summed E-state index contributed by atoms with van der Waals surface area (Å²) in [6, 6.07) is 11.6. The van der Waals surface area contributed by atoms with Crippen LogP contribution in [0.4, 0.5) is 17.1 Å². The van der Waals surface area contributed by atoms with E-state index in [2.05, 4.69) is 31.8 Å². The van der Waals surface area contributed by atoms with Gasteiger partial charge in [-0.05, 0) is 41.1 Å². The molecule has 152 valence electrons. The highest BCUT2D eigenvalue weighted by Gasteiger charge is 2.22. The number of hydrazone groups is 1. The van der Waals surface area contributed by atoms with Gasteiger partial charge in [0, 0.05) is 30.2 Å². The Hall–Kier alpha value is -3.27. The van der Waals surface area contributed by atoms with E-state index >= 15 is 0 Å². The zero-order chi connectivity index (χ0) is 21.6. The molecule has 2 N–H and O–H groups in total. The summed E-state index contributed by atoms with van der Waals surface area (Å²) in [7, 11) is 3.41. The van der Waals surface area contributed by atoms with Crippen molar-refractivity contribution < 1.29 is 14.5 Å². The number of hydrogen-bond acceptors (Lipinski definition) is 6. The molecule has 0 aromatic heterocycles. The molecule has 10 heteroatoms. The monoisotopic (exact) mass is 461 g/mol. The minimum Gasteiger partial charge on any atom is -0.372 e. The Bertz CT molecular complexity index is 961. The topological polar surface area (TPSA) is 117 Å². The molecule has 0 aliphatic carbocycles. The molecule has 0 saturated heterocycles. The number of rotatable bonds is 7. The summed E-state index contributed by atoms with van der Waals surface area (Å²) in [6.07, 6.45) is 1.28. The van der Waals surface area contributed by atoms with Gasteiger partial charge in [-0.25, -0.2) is 5.43 Å². The standard InChI is InChI=1S/C19H20BrN5O4/c1-12(18(26)22-15-7-5-4-6-14(15)20)19(27)23-21-11-13-8-9-16(24(2)3)17(10-13)25(28)29/h4-12H,1-3H3,(H,22,26)(H,23,27). The molecular formula is C19H20BrN5O4. The van der Waals surface area contributed by atoms with Gasteiger partial charge in [-0.15, -0.1) is 0 Å². The minimum atomic E-state index is -0.996. The molecule has 0 heterocycles. The SMILES string of the molecule is CC(C(=O)NN=Cc1ccc(N(C)C)c([N+](=O)[O-])c1)C(=O)Nc1ccccc1Br. The van der Waals surface area contributed by atoms with Gasteiger partial charge in [-0.2, -0.15) is 5.10 Å². The number of hydrogen-bond donors (Lipinski definition) is 2. The van der Waals surface area contributed by atoms with Crippen LogP contribution in [0.15, 0.2) is 52.0 Å². The highest BCUT2D eigenvalue weighted by atomic mass is 79.9. The number of carbonyl (C=O) groups excluding carboxylic acids is 2. The van der Waals surface area contributed by atoms with Crippen LogP contribution in [0.3, 0.4) is 0 Å². The lowest BCUT2D eigenvalue weighted by Crippen LogP contribution is -2.34. The number of amides is 2. The molecule has 0 aliphatic heterocycles. The van der Waals surface area contributed by atoms with Crippen molar-refractivity contribution in [3.05, 3.63) is 62.6 Å². The number of halogens is 1. The molecule has 0 saturated carbocycles. The van der Waals surface area contributed by atoms with E-state index in [9.17, 15) is 19.7 Å². The van der Waals surface area contributed by atoms with Gasteiger partial charge in [0.2, 0.25) is 5.91 Å². The first-order chi connectivity index (χ1) is 13.7. The first-order valence-electron chi connectivity index (χ1n) is 8.54. The maximum Gasteiger partial charge on any atom is 0.293 e. The van der Waals surface area contributed by atoms with Crippen molar-refractivity contribution in [3.63, 3.8) is 0 Å².